The van der Waals surface area contributed by atoms with Crippen LogP contribution in [-0.4, -0.2) is 4.21 Å². The van der Waals surface area contributed by atoms with Crippen molar-refractivity contribution in [2.75, 3.05) is 0 Å². The maximum absolute atomic E-state index is 10.1. The molecule has 0 N–H and O–H groups in total. The molecular formula is C7H6ClNOS. The number of benzene rings is 1. The Bertz CT molecular complexity index is 320. The molecule has 0 heterocycles. The zero-order chi connectivity index (χ0) is 8.27. The summed E-state index contributed by atoms with van der Waals surface area (Å²) in [5, 5.41) is 0.639. The molecule has 11 heavy (non-hydrogen) atoms. The molecule has 0 unspecified atom stereocenters. The van der Waals surface area contributed by atoms with Gasteiger partial charge in [-0.2, -0.15) is 8.57 Å². The van der Waals surface area contributed by atoms with Gasteiger partial charge in [0.25, 0.3) is 0 Å². The van der Waals surface area contributed by atoms with Gasteiger partial charge in [-0.15, -0.1) is 0 Å². The van der Waals surface area contributed by atoms with Crippen molar-refractivity contribution in [3.63, 3.8) is 0 Å². The molecule has 0 fully saturated rings. The van der Waals surface area contributed by atoms with Gasteiger partial charge in [-0.1, -0.05) is 17.7 Å². The minimum absolute atomic E-state index is 0.194. The summed E-state index contributed by atoms with van der Waals surface area (Å²) in [5.41, 5.74) is 1.50. The summed E-state index contributed by atoms with van der Waals surface area (Å²) in [6.45, 7) is 1.83. The van der Waals surface area contributed by atoms with Crippen molar-refractivity contribution in [2.24, 2.45) is 4.36 Å². The molecule has 0 aliphatic heterocycles. The molecule has 0 bridgehead atoms. The third kappa shape index (κ3) is 1.88. The van der Waals surface area contributed by atoms with Gasteiger partial charge in [0.2, 0.25) is 11.5 Å². The van der Waals surface area contributed by atoms with Crippen LogP contribution in [0.2, 0.25) is 5.02 Å². The molecule has 0 radical (unpaired) electrons. The lowest BCUT2D eigenvalue weighted by atomic mass is 10.2. The molecule has 1 aromatic carbocycles. The SMILES string of the molecule is Cc1c(Cl)cccc1N=S=O. The predicted molar refractivity (Wildman–Crippen MR) is 46.4 cm³/mol. The van der Waals surface area contributed by atoms with E-state index in [1.54, 1.807) is 18.2 Å². The molecular weight excluding hydrogens is 182 g/mol. The first-order valence-corrected chi connectivity index (χ1v) is 4.08. The maximum Gasteiger partial charge on any atom is 0.205 e. The van der Waals surface area contributed by atoms with Crippen molar-refractivity contribution in [2.45, 2.75) is 6.92 Å². The fourth-order valence-electron chi connectivity index (χ4n) is 0.735. The third-order valence-electron chi connectivity index (χ3n) is 1.37. The lowest BCUT2D eigenvalue weighted by molar-refractivity contribution is 0.698. The minimum Gasteiger partial charge on any atom is -0.191 e. The molecule has 0 aliphatic carbocycles. The summed E-state index contributed by atoms with van der Waals surface area (Å²) in [4.78, 5) is 0. The van der Waals surface area contributed by atoms with Crippen LogP contribution >= 0.6 is 11.6 Å². The van der Waals surface area contributed by atoms with Gasteiger partial charge in [-0.05, 0) is 24.6 Å². The maximum atomic E-state index is 10.1. The van der Waals surface area contributed by atoms with E-state index >= 15 is 0 Å². The molecule has 0 amide bonds. The van der Waals surface area contributed by atoms with Crippen molar-refractivity contribution in [3.05, 3.63) is 28.8 Å². The molecule has 0 atom stereocenters. The summed E-state index contributed by atoms with van der Waals surface area (Å²) >= 11 is 5.97. The second kappa shape index (κ2) is 3.64. The Morgan fingerprint density at radius 1 is 1.55 bits per heavy atom. The molecule has 0 saturated carbocycles. The van der Waals surface area contributed by atoms with Crippen LogP contribution in [0.3, 0.4) is 0 Å². The molecule has 0 spiro atoms. The Morgan fingerprint density at radius 2 is 2.27 bits per heavy atom. The fourth-order valence-corrected chi connectivity index (χ4v) is 1.18. The van der Waals surface area contributed by atoms with Crippen LogP contribution in [0.1, 0.15) is 5.56 Å². The molecule has 0 saturated heterocycles. The topological polar surface area (TPSA) is 29.4 Å². The first-order chi connectivity index (χ1) is 5.25. The van der Waals surface area contributed by atoms with Gasteiger partial charge in [0.05, 0.1) is 5.69 Å². The highest BCUT2D eigenvalue weighted by atomic mass is 35.5. The summed E-state index contributed by atoms with van der Waals surface area (Å²) in [5.74, 6) is 0. The summed E-state index contributed by atoms with van der Waals surface area (Å²) in [6, 6.07) is 5.29. The van der Waals surface area contributed by atoms with Crippen molar-refractivity contribution < 1.29 is 4.21 Å². The quantitative estimate of drug-likeness (QED) is 0.665. The second-order valence-corrected chi connectivity index (χ2v) is 2.79. The van der Waals surface area contributed by atoms with Crippen molar-refractivity contribution in [1.82, 2.24) is 0 Å². The van der Waals surface area contributed by atoms with E-state index in [1.807, 2.05) is 6.92 Å². The van der Waals surface area contributed by atoms with Crippen molar-refractivity contribution in [1.29, 1.82) is 0 Å². The van der Waals surface area contributed by atoms with Crippen molar-refractivity contribution >= 4 is 28.8 Å². The van der Waals surface area contributed by atoms with E-state index in [-0.39, 0.29) is 11.5 Å². The highest BCUT2D eigenvalue weighted by Gasteiger charge is 1.98. The molecule has 0 aromatic heterocycles. The zero-order valence-electron chi connectivity index (χ0n) is 5.87. The second-order valence-electron chi connectivity index (χ2n) is 2.05. The largest absolute Gasteiger partial charge is 0.205 e. The van der Waals surface area contributed by atoms with E-state index < -0.39 is 0 Å². The number of hydrogen-bond acceptors (Lipinski definition) is 2. The summed E-state index contributed by atoms with van der Waals surface area (Å²) < 4.78 is 13.7. The van der Waals surface area contributed by atoms with Crippen LogP contribution < -0.4 is 0 Å². The first kappa shape index (κ1) is 8.43. The Labute approximate surface area is 73.4 Å². The van der Waals surface area contributed by atoms with Crippen LogP contribution in [0.4, 0.5) is 5.69 Å². The molecule has 1 rings (SSSR count). The van der Waals surface area contributed by atoms with Crippen LogP contribution in [0.25, 0.3) is 0 Å². The molecule has 0 aliphatic rings. The van der Waals surface area contributed by atoms with E-state index in [2.05, 4.69) is 4.36 Å². The van der Waals surface area contributed by atoms with Gasteiger partial charge in [-0.25, -0.2) is 0 Å². The van der Waals surface area contributed by atoms with E-state index in [0.29, 0.717) is 10.7 Å². The Balaban J connectivity index is 3.26. The van der Waals surface area contributed by atoms with Gasteiger partial charge >= 0.3 is 0 Å². The van der Waals surface area contributed by atoms with E-state index in [4.69, 9.17) is 11.6 Å². The molecule has 2 nitrogen and oxygen atoms in total. The highest BCUT2D eigenvalue weighted by molar-refractivity contribution is 7.54. The number of rotatable bonds is 1. The fraction of sp³-hybridized carbons (Fsp3) is 0.143. The average molecular weight is 188 g/mol. The zero-order valence-corrected chi connectivity index (χ0v) is 7.45. The molecule has 4 heteroatoms. The van der Waals surface area contributed by atoms with Crippen molar-refractivity contribution in [3.8, 4) is 0 Å². The lowest BCUT2D eigenvalue weighted by Crippen LogP contribution is -1.74. The minimum atomic E-state index is 0.194. The van der Waals surface area contributed by atoms with Crippen LogP contribution in [0.5, 0.6) is 0 Å². The summed E-state index contributed by atoms with van der Waals surface area (Å²) in [7, 11) is 0. The van der Waals surface area contributed by atoms with Crippen LogP contribution in [0.15, 0.2) is 22.6 Å². The van der Waals surface area contributed by atoms with Gasteiger partial charge in [0.15, 0.2) is 0 Å². The van der Waals surface area contributed by atoms with E-state index in [1.165, 1.54) is 0 Å². The van der Waals surface area contributed by atoms with Gasteiger partial charge in [-0.3, -0.25) is 0 Å². The highest BCUT2D eigenvalue weighted by Crippen LogP contribution is 2.24. The van der Waals surface area contributed by atoms with Crippen LogP contribution in [-0.2, 0) is 11.5 Å². The Hall–Kier alpha value is -0.670. The molecule has 58 valence electrons. The van der Waals surface area contributed by atoms with Gasteiger partial charge in [0.1, 0.15) is 0 Å². The average Bonchev–Trinajstić information content (AvgIpc) is 1.99. The normalized spacial score (nSPS) is 9.27. The Kier molecular flexibility index (Phi) is 2.79. The van der Waals surface area contributed by atoms with Gasteiger partial charge in [0, 0.05) is 5.02 Å². The first-order valence-electron chi connectivity index (χ1n) is 3.01. The smallest absolute Gasteiger partial charge is 0.191 e. The Morgan fingerprint density at radius 3 is 2.91 bits per heavy atom. The predicted octanol–water partition coefficient (Wildman–Crippen LogP) is 2.68. The standard InChI is InChI=1S/C7H6ClNOS/c1-5-6(8)3-2-4-7(5)9-11-10/h2-4H,1H3. The lowest BCUT2D eigenvalue weighted by Gasteiger charge is -1.97. The van der Waals surface area contributed by atoms with Gasteiger partial charge < -0.3 is 0 Å². The van der Waals surface area contributed by atoms with E-state index in [0.717, 1.165) is 5.56 Å². The monoisotopic (exact) mass is 187 g/mol. The number of hydrogen-bond donors (Lipinski definition) is 0. The number of nitrogens with zero attached hydrogens (tertiary/aromatic N) is 1. The molecule has 1 aromatic rings. The third-order valence-corrected chi connectivity index (χ3v) is 2.06. The van der Waals surface area contributed by atoms with E-state index in [9.17, 15) is 4.21 Å². The number of halogens is 1. The van der Waals surface area contributed by atoms with Crippen LogP contribution in [0, 0.1) is 6.92 Å². The summed E-state index contributed by atoms with van der Waals surface area (Å²) in [6.07, 6.45) is 0.